The van der Waals surface area contributed by atoms with Gasteiger partial charge in [-0.25, -0.2) is 0 Å². The molecule has 14 rings (SSSR count). The number of hydrogen-bond acceptors (Lipinski definition) is 16. The van der Waals surface area contributed by atoms with Gasteiger partial charge in [0.05, 0.1) is 24.8 Å². The second-order valence-electron chi connectivity index (χ2n) is 26.1. The maximum Gasteiger partial charge on any atom is 0.261 e. The fourth-order valence-corrected chi connectivity index (χ4v) is 11.6. The number of aryl methyl sites for hydroxylation is 4. The lowest BCUT2D eigenvalue weighted by atomic mass is 10.1. The highest BCUT2D eigenvalue weighted by Gasteiger charge is 2.27. The largest absolute Gasteiger partial charge is 0.384 e. The molecule has 118 heavy (non-hydrogen) atoms. The van der Waals surface area contributed by atoms with Crippen LogP contribution in [0.15, 0.2) is 224 Å². The Morgan fingerprint density at radius 1 is 0.314 bits per heavy atom. The van der Waals surface area contributed by atoms with Crippen molar-refractivity contribution >= 4 is 163 Å². The van der Waals surface area contributed by atoms with Gasteiger partial charge in [0.2, 0.25) is 0 Å². The molecule has 36 heteroatoms. The Labute approximate surface area is 695 Å². The number of anilines is 8. The molecule has 0 unspecified atom stereocenters. The highest BCUT2D eigenvalue weighted by molar-refractivity contribution is 6.32. The number of carbonyl (C=O) groups is 8. The first-order valence-corrected chi connectivity index (χ1v) is 37.4. The van der Waals surface area contributed by atoms with Crippen molar-refractivity contribution in [3.05, 3.63) is 306 Å². The number of amidine groups is 4. The molecule has 0 atom stereocenters. The molecule has 600 valence electrons. The number of likely N-dealkylation sites (tertiary alicyclic amines) is 1. The Morgan fingerprint density at radius 3 is 0.746 bits per heavy atom. The van der Waals surface area contributed by atoms with Crippen LogP contribution in [0.1, 0.15) is 112 Å². The number of hydrogen-bond donors (Lipinski definition) is 13. The lowest BCUT2D eigenvalue weighted by Crippen LogP contribution is -2.42. The third kappa shape index (κ3) is 21.8. The Bertz CT molecular complexity index is 5790. The monoisotopic (exact) mass is 1660 g/mol. The zero-order valence-corrected chi connectivity index (χ0v) is 66.7. The van der Waals surface area contributed by atoms with Gasteiger partial charge in [-0.2, -0.15) is 20.4 Å². The highest BCUT2D eigenvalue weighted by Crippen LogP contribution is 2.27. The molecule has 0 saturated carbocycles. The van der Waals surface area contributed by atoms with E-state index in [1.807, 2.05) is 9.80 Å². The summed E-state index contributed by atoms with van der Waals surface area (Å²) in [4.78, 5) is 109. The van der Waals surface area contributed by atoms with Gasteiger partial charge in [-0.1, -0.05) is 94.9 Å². The minimum Gasteiger partial charge on any atom is -0.384 e. The summed E-state index contributed by atoms with van der Waals surface area (Å²) in [5.74, 6) is -0.844. The third-order valence-electron chi connectivity index (χ3n) is 18.0. The molecule has 6 heterocycles. The molecule has 2 fully saturated rings. The molecule has 12 aromatic rings. The number of benzene rings is 8. The van der Waals surface area contributed by atoms with Gasteiger partial charge < -0.3 is 63.8 Å². The first-order valence-electron chi connectivity index (χ1n) is 35.8. The van der Waals surface area contributed by atoms with E-state index >= 15 is 0 Å². The molecule has 2 aliphatic rings. The molecule has 0 spiro atoms. The van der Waals surface area contributed by atoms with Crippen LogP contribution in [0.2, 0.25) is 20.1 Å². The Kier molecular flexibility index (Phi) is 27.5. The van der Waals surface area contributed by atoms with Crippen molar-refractivity contribution in [1.29, 1.82) is 16.2 Å². The number of aliphatic imine (C=N–C) groups is 1. The van der Waals surface area contributed by atoms with Crippen molar-refractivity contribution < 1.29 is 38.4 Å². The molecule has 0 bridgehead atoms. The van der Waals surface area contributed by atoms with E-state index in [-0.39, 0.29) is 69.1 Å². The van der Waals surface area contributed by atoms with Crippen molar-refractivity contribution in [2.24, 2.45) is 44.7 Å². The van der Waals surface area contributed by atoms with Crippen molar-refractivity contribution in [2.75, 3.05) is 75.8 Å². The average molecular weight is 1670 g/mol. The van der Waals surface area contributed by atoms with Gasteiger partial charge in [0.15, 0.2) is 0 Å². The quantitative estimate of drug-likeness (QED) is 0.0191. The van der Waals surface area contributed by atoms with Crippen LogP contribution in [-0.4, -0.2) is 153 Å². The van der Waals surface area contributed by atoms with Crippen LogP contribution < -0.4 is 54.0 Å². The zero-order chi connectivity index (χ0) is 84.4. The van der Waals surface area contributed by atoms with Gasteiger partial charge in [-0.05, 0) is 152 Å². The van der Waals surface area contributed by atoms with Crippen molar-refractivity contribution in [2.45, 2.75) is 6.42 Å². The standard InChI is InChI=1S/C22H21ClN6O2.C21H19ClN6O2.C20H19ClN6O2.C19H17ClN6O2/c1-28-20(18(13-25-28)22(31)26-17-9-7-16(23)8-10-17)27-21(30)15-5-3-14(4-6-15)19(24)29-11-2-12-29;1-27-19(17(12-24-27)21(30)25-16-8-6-15(22)7-9-16)26-20(29)14-4-2-13(3-5-14)18(23)28-10-11-28;1-23-17(22)12-3-5-13(6-4-12)19(28)26-18-16(11-24-27(18)2)20(29)25-15-9-7-14(21)8-10-15;1-26-17(25-18(27)12-4-2-11(3-5-12)16(21)22)15(10-23-26)19(28)24-14-8-6-13(20)7-9-14/h3-10,13,24H,2,11-12H2,1H3,(H,26,31)(H,27,30);2-9,12,23H,10-11H2,1H3,(H,25,30)(H,26,29);3-11H,1-2H3,(H2,22,23)(H,25,29)(H,26,28);2-10H,1H3,(H3,21,22)(H,24,28)(H,25,27). The predicted molar refractivity (Wildman–Crippen MR) is 457 cm³/mol. The van der Waals surface area contributed by atoms with Crippen LogP contribution in [0, 0.1) is 16.2 Å². The van der Waals surface area contributed by atoms with Gasteiger partial charge in [0.1, 0.15) is 68.9 Å². The number of amides is 8. The molecule has 8 aromatic carbocycles. The molecule has 8 amide bonds. The second kappa shape index (κ2) is 38.5. The van der Waals surface area contributed by atoms with Crippen molar-refractivity contribution in [1.82, 2.24) is 48.9 Å². The fraction of sp³-hybridized carbons (Fsp3) is 0.122. The Hall–Kier alpha value is -14.6. The van der Waals surface area contributed by atoms with Crippen LogP contribution >= 0.6 is 46.4 Å². The molecular formula is C82H76Cl4N24O8. The Morgan fingerprint density at radius 2 is 0.534 bits per heavy atom. The number of nitrogens with zero attached hydrogens (tertiary/aromatic N) is 11. The summed E-state index contributed by atoms with van der Waals surface area (Å²) in [6.07, 6.45) is 6.66. The maximum atomic E-state index is 12.8. The summed E-state index contributed by atoms with van der Waals surface area (Å²) >= 11 is 23.4. The van der Waals surface area contributed by atoms with Crippen LogP contribution in [0.5, 0.6) is 0 Å². The van der Waals surface area contributed by atoms with E-state index in [9.17, 15) is 38.4 Å². The summed E-state index contributed by atoms with van der Waals surface area (Å²) in [6, 6.07) is 53.4. The SMILES string of the molecule is CN=C(N)c1ccc(C(=O)Nc2c(C(=O)Nc3ccc(Cl)cc3)cnn2C)cc1.Cn1ncc(C(=O)Nc2ccc(Cl)cc2)c1NC(=O)c1ccc(C(=N)N)cc1.Cn1ncc(C(=O)Nc2ccc(Cl)cc2)c1NC(=O)c1ccc(C(=N)N2CC2)cc1.Cn1ncc(C(=O)Nc2ccc(Cl)cc2)c1NC(=O)c1ccc(C(=N)N2CCC2)cc1. The van der Waals surface area contributed by atoms with E-state index < -0.39 is 29.5 Å². The van der Waals surface area contributed by atoms with Gasteiger partial charge >= 0.3 is 0 Å². The van der Waals surface area contributed by atoms with Crippen molar-refractivity contribution in [3.8, 4) is 0 Å². The van der Waals surface area contributed by atoms with Gasteiger partial charge in [0, 0.05) is 149 Å². The van der Waals surface area contributed by atoms with E-state index in [0.29, 0.717) is 93.7 Å². The van der Waals surface area contributed by atoms with Crippen LogP contribution in [0.4, 0.5) is 46.0 Å². The van der Waals surface area contributed by atoms with E-state index in [0.717, 1.165) is 43.7 Å². The van der Waals surface area contributed by atoms with Gasteiger partial charge in [-0.15, -0.1) is 0 Å². The molecule has 0 aliphatic carbocycles. The molecule has 32 nitrogen and oxygen atoms in total. The summed E-state index contributed by atoms with van der Waals surface area (Å²) in [5, 5.41) is 64.2. The zero-order valence-electron chi connectivity index (χ0n) is 63.7. The number of rotatable bonds is 20. The predicted octanol–water partition coefficient (Wildman–Crippen LogP) is 12.6. The van der Waals surface area contributed by atoms with Gasteiger partial charge in [-0.3, -0.25) is 78.3 Å². The topological polar surface area (TPSA) is 446 Å². The smallest absolute Gasteiger partial charge is 0.261 e. The summed E-state index contributed by atoms with van der Waals surface area (Å²) in [7, 11) is 8.13. The van der Waals surface area contributed by atoms with Crippen LogP contribution in [-0.2, 0) is 28.2 Å². The Balaban J connectivity index is 0.000000154. The molecule has 2 aliphatic heterocycles. The second-order valence-corrected chi connectivity index (χ2v) is 27.9. The number of nitrogens with one attached hydrogen (secondary N) is 11. The van der Waals surface area contributed by atoms with Gasteiger partial charge in [0.25, 0.3) is 47.3 Å². The number of nitrogens with two attached hydrogens (primary N) is 2. The highest BCUT2D eigenvalue weighted by atomic mass is 35.5. The summed E-state index contributed by atoms with van der Waals surface area (Å²) in [6.45, 7) is 3.57. The summed E-state index contributed by atoms with van der Waals surface area (Å²) < 4.78 is 5.69. The number of nitrogen functional groups attached to an aromatic ring is 1. The maximum absolute atomic E-state index is 12.8. The first kappa shape index (κ1) is 84.3. The minimum absolute atomic E-state index is 0.0836. The van der Waals surface area contributed by atoms with Crippen LogP contribution in [0.3, 0.4) is 0 Å². The van der Waals surface area contributed by atoms with Crippen LogP contribution in [0.25, 0.3) is 0 Å². The molecule has 2 saturated heterocycles. The summed E-state index contributed by atoms with van der Waals surface area (Å²) in [5.41, 5.74) is 18.7. The van der Waals surface area contributed by atoms with E-state index in [2.05, 4.69) is 67.9 Å². The fourth-order valence-electron chi connectivity index (χ4n) is 11.1. The average Bonchev–Trinajstić information content (AvgIpc) is 1.61. The lowest BCUT2D eigenvalue weighted by Gasteiger charge is -2.33. The molecule has 4 aromatic heterocycles. The normalized spacial score (nSPS) is 11.7. The number of carbonyl (C=O) groups excluding carboxylic acids is 8. The number of aromatic nitrogens is 8. The van der Waals surface area contributed by atoms with E-state index in [4.69, 9.17) is 74.1 Å². The first-order chi connectivity index (χ1) is 56.6. The van der Waals surface area contributed by atoms with E-state index in [1.165, 1.54) is 43.5 Å². The minimum atomic E-state index is -0.419. The molecule has 15 N–H and O–H groups in total. The third-order valence-corrected chi connectivity index (χ3v) is 19.0. The molecule has 0 radical (unpaired) electrons. The van der Waals surface area contributed by atoms with Crippen molar-refractivity contribution in [3.63, 3.8) is 0 Å². The molecular weight excluding hydrogens is 1590 g/mol. The lowest BCUT2D eigenvalue weighted by molar-refractivity contribution is 0.101. The van der Waals surface area contributed by atoms with E-state index in [1.54, 1.807) is 229 Å². The number of halogens is 4.